The fraction of sp³-hybridized carbons (Fsp3) is 0.800. The van der Waals surface area contributed by atoms with E-state index in [-0.39, 0.29) is 17.9 Å². The zero-order valence-electron chi connectivity index (χ0n) is 8.33. The van der Waals surface area contributed by atoms with Gasteiger partial charge < -0.3 is 11.1 Å². The van der Waals surface area contributed by atoms with Gasteiger partial charge in [-0.2, -0.15) is 5.26 Å². The number of hydrogen-bond donors (Lipinski definition) is 2. The van der Waals surface area contributed by atoms with Crippen LogP contribution < -0.4 is 11.1 Å². The van der Waals surface area contributed by atoms with E-state index in [2.05, 4.69) is 5.32 Å². The molecular weight excluding hydrogens is 178 g/mol. The molecule has 1 aliphatic carbocycles. The van der Waals surface area contributed by atoms with Crippen molar-refractivity contribution >= 4 is 5.91 Å². The lowest BCUT2D eigenvalue weighted by molar-refractivity contribution is -0.125. The quantitative estimate of drug-likeness (QED) is 0.642. The third-order valence-corrected chi connectivity index (χ3v) is 2.67. The van der Waals surface area contributed by atoms with Gasteiger partial charge >= 0.3 is 0 Å². The number of nitrogens with zero attached hydrogens (tertiary/aromatic N) is 1. The molecular formula is C10H17N3O. The van der Waals surface area contributed by atoms with E-state index in [0.29, 0.717) is 13.0 Å². The van der Waals surface area contributed by atoms with Crippen molar-refractivity contribution in [3.8, 4) is 6.07 Å². The number of carbonyl (C=O) groups excluding carboxylic acids is 1. The van der Waals surface area contributed by atoms with Crippen molar-refractivity contribution < 1.29 is 4.79 Å². The normalized spacial score (nSPS) is 25.7. The second-order valence-corrected chi connectivity index (χ2v) is 3.75. The number of nitrogens with two attached hydrogens (primary N) is 1. The van der Waals surface area contributed by atoms with E-state index in [1.54, 1.807) is 0 Å². The standard InChI is InChI=1S/C10H17N3O/c11-6-1-2-7-13-10(14)8-4-3-5-9(8)12/h8-9H,1-5,7,12H2,(H,13,14). The number of unbranched alkanes of at least 4 members (excludes halogenated alkanes) is 1. The molecule has 0 bridgehead atoms. The molecule has 1 amide bonds. The SMILES string of the molecule is N#CCCCNC(=O)C1CCCC1N. The summed E-state index contributed by atoms with van der Waals surface area (Å²) in [5.41, 5.74) is 5.80. The van der Waals surface area contributed by atoms with Crippen molar-refractivity contribution in [1.82, 2.24) is 5.32 Å². The molecule has 0 radical (unpaired) electrons. The van der Waals surface area contributed by atoms with Gasteiger partial charge in [-0.05, 0) is 19.3 Å². The lowest BCUT2D eigenvalue weighted by Crippen LogP contribution is -2.38. The number of hydrogen-bond acceptors (Lipinski definition) is 3. The molecule has 1 fully saturated rings. The Balaban J connectivity index is 2.18. The second-order valence-electron chi connectivity index (χ2n) is 3.75. The Bertz CT molecular complexity index is 234. The van der Waals surface area contributed by atoms with Crippen LogP contribution in [0.1, 0.15) is 32.1 Å². The summed E-state index contributed by atoms with van der Waals surface area (Å²) < 4.78 is 0. The van der Waals surface area contributed by atoms with E-state index < -0.39 is 0 Å². The van der Waals surface area contributed by atoms with Gasteiger partial charge in [0.15, 0.2) is 0 Å². The van der Waals surface area contributed by atoms with Gasteiger partial charge in [-0.15, -0.1) is 0 Å². The van der Waals surface area contributed by atoms with Crippen molar-refractivity contribution in [1.29, 1.82) is 5.26 Å². The highest BCUT2D eigenvalue weighted by Gasteiger charge is 2.29. The van der Waals surface area contributed by atoms with Crippen LogP contribution in [0.3, 0.4) is 0 Å². The largest absolute Gasteiger partial charge is 0.356 e. The lowest BCUT2D eigenvalue weighted by atomic mass is 10.0. The Hall–Kier alpha value is -1.08. The first-order valence-electron chi connectivity index (χ1n) is 5.16. The third kappa shape index (κ3) is 3.00. The Labute approximate surface area is 84.5 Å². The Morgan fingerprint density at radius 3 is 2.93 bits per heavy atom. The first kappa shape index (κ1) is 11.0. The zero-order chi connectivity index (χ0) is 10.4. The molecule has 0 aromatic carbocycles. The van der Waals surface area contributed by atoms with E-state index in [9.17, 15) is 4.79 Å². The minimum atomic E-state index is -0.00270. The minimum absolute atomic E-state index is 0.00270. The summed E-state index contributed by atoms with van der Waals surface area (Å²) in [5.74, 6) is 0.0602. The van der Waals surface area contributed by atoms with Crippen LogP contribution in [0.15, 0.2) is 0 Å². The zero-order valence-corrected chi connectivity index (χ0v) is 8.33. The monoisotopic (exact) mass is 195 g/mol. The molecule has 4 nitrogen and oxygen atoms in total. The van der Waals surface area contributed by atoms with Gasteiger partial charge in [0.2, 0.25) is 5.91 Å². The molecule has 3 N–H and O–H groups in total. The first-order valence-corrected chi connectivity index (χ1v) is 5.16. The summed E-state index contributed by atoms with van der Waals surface area (Å²) in [5, 5.41) is 11.1. The molecule has 0 spiro atoms. The molecule has 0 saturated heterocycles. The van der Waals surface area contributed by atoms with Gasteiger partial charge in [0.25, 0.3) is 0 Å². The van der Waals surface area contributed by atoms with E-state index >= 15 is 0 Å². The molecule has 78 valence electrons. The Morgan fingerprint density at radius 1 is 1.57 bits per heavy atom. The van der Waals surface area contributed by atoms with Gasteiger partial charge in [-0.1, -0.05) is 6.42 Å². The van der Waals surface area contributed by atoms with Gasteiger partial charge in [-0.3, -0.25) is 4.79 Å². The predicted octanol–water partition coefficient (Wildman–Crippen LogP) is 0.534. The molecule has 14 heavy (non-hydrogen) atoms. The van der Waals surface area contributed by atoms with Crippen LogP contribution in [0.5, 0.6) is 0 Å². The van der Waals surface area contributed by atoms with Crippen molar-refractivity contribution in [2.24, 2.45) is 11.7 Å². The lowest BCUT2D eigenvalue weighted by Gasteiger charge is -2.14. The summed E-state index contributed by atoms with van der Waals surface area (Å²) in [6, 6.07) is 2.08. The Kier molecular flexibility index (Phi) is 4.41. The predicted molar refractivity (Wildman–Crippen MR) is 53.2 cm³/mol. The van der Waals surface area contributed by atoms with E-state index in [1.165, 1.54) is 0 Å². The number of carbonyl (C=O) groups is 1. The second kappa shape index (κ2) is 5.61. The van der Waals surface area contributed by atoms with Crippen LogP contribution in [-0.4, -0.2) is 18.5 Å². The first-order chi connectivity index (χ1) is 6.75. The molecule has 0 heterocycles. The van der Waals surface area contributed by atoms with E-state index in [4.69, 9.17) is 11.0 Å². The highest BCUT2D eigenvalue weighted by atomic mass is 16.1. The highest BCUT2D eigenvalue weighted by molar-refractivity contribution is 5.79. The maximum Gasteiger partial charge on any atom is 0.224 e. The molecule has 1 aliphatic rings. The third-order valence-electron chi connectivity index (χ3n) is 2.67. The van der Waals surface area contributed by atoms with E-state index in [0.717, 1.165) is 25.7 Å². The van der Waals surface area contributed by atoms with Crippen molar-refractivity contribution in [3.63, 3.8) is 0 Å². The number of nitrogens with one attached hydrogen (secondary N) is 1. The molecule has 2 atom stereocenters. The molecule has 0 aliphatic heterocycles. The summed E-state index contributed by atoms with van der Waals surface area (Å²) in [6.45, 7) is 0.593. The fourth-order valence-corrected chi connectivity index (χ4v) is 1.82. The van der Waals surface area contributed by atoms with Crippen LogP contribution in [-0.2, 0) is 4.79 Å². The number of nitriles is 1. The topological polar surface area (TPSA) is 78.9 Å². The van der Waals surface area contributed by atoms with E-state index in [1.807, 2.05) is 6.07 Å². The van der Waals surface area contributed by atoms with Gasteiger partial charge in [-0.25, -0.2) is 0 Å². The van der Waals surface area contributed by atoms with Gasteiger partial charge in [0.1, 0.15) is 0 Å². The summed E-state index contributed by atoms with van der Waals surface area (Å²) in [6.07, 6.45) is 4.14. The highest BCUT2D eigenvalue weighted by Crippen LogP contribution is 2.23. The number of amides is 1. The maximum absolute atomic E-state index is 11.5. The van der Waals surface area contributed by atoms with Gasteiger partial charge in [0, 0.05) is 19.0 Å². The average Bonchev–Trinajstić information content (AvgIpc) is 2.59. The molecule has 0 aromatic heterocycles. The Morgan fingerprint density at radius 2 is 2.36 bits per heavy atom. The summed E-state index contributed by atoms with van der Waals surface area (Å²) in [4.78, 5) is 11.5. The summed E-state index contributed by atoms with van der Waals surface area (Å²) >= 11 is 0. The van der Waals surface area contributed by atoms with Crippen LogP contribution >= 0.6 is 0 Å². The molecule has 4 heteroatoms. The molecule has 2 unspecified atom stereocenters. The average molecular weight is 195 g/mol. The summed E-state index contributed by atoms with van der Waals surface area (Å²) in [7, 11) is 0. The molecule has 0 aromatic rings. The maximum atomic E-state index is 11.5. The van der Waals surface area contributed by atoms with Crippen LogP contribution in [0.4, 0.5) is 0 Å². The number of rotatable bonds is 4. The van der Waals surface area contributed by atoms with Crippen LogP contribution in [0.25, 0.3) is 0 Å². The smallest absolute Gasteiger partial charge is 0.224 e. The van der Waals surface area contributed by atoms with Crippen molar-refractivity contribution in [2.75, 3.05) is 6.54 Å². The molecule has 1 saturated carbocycles. The van der Waals surface area contributed by atoms with Crippen molar-refractivity contribution in [3.05, 3.63) is 0 Å². The molecule has 1 rings (SSSR count). The van der Waals surface area contributed by atoms with Crippen molar-refractivity contribution in [2.45, 2.75) is 38.1 Å². The van der Waals surface area contributed by atoms with Crippen LogP contribution in [0, 0.1) is 17.2 Å². The minimum Gasteiger partial charge on any atom is -0.356 e. The van der Waals surface area contributed by atoms with Gasteiger partial charge in [0.05, 0.1) is 12.0 Å². The van der Waals surface area contributed by atoms with Crippen LogP contribution in [0.2, 0.25) is 0 Å². The fourth-order valence-electron chi connectivity index (χ4n) is 1.82.